The Hall–Kier alpha value is -2.48. The third-order valence-electron chi connectivity index (χ3n) is 4.88. The highest BCUT2D eigenvalue weighted by Crippen LogP contribution is 2.30. The van der Waals surface area contributed by atoms with Gasteiger partial charge in [0.1, 0.15) is 5.60 Å². The molecule has 0 saturated carbocycles. The standard InChI is InChI=1S/C17H24N6O2/c1-3-22(4-2)14-7-5-13(6-8-14)15(24)23-11-9-17(25,10-12-23)16-18-20-21-19-16/h5-8,25H,3-4,9-12H2,1-2H3,(H,18,19,20,21). The van der Waals surface area contributed by atoms with Gasteiger partial charge in [-0.25, -0.2) is 0 Å². The van der Waals surface area contributed by atoms with Crippen molar-refractivity contribution in [3.63, 3.8) is 0 Å². The average Bonchev–Trinajstić information content (AvgIpc) is 3.19. The molecule has 0 atom stereocenters. The van der Waals surface area contributed by atoms with Gasteiger partial charge in [-0.2, -0.15) is 5.21 Å². The van der Waals surface area contributed by atoms with Crippen LogP contribution in [0.25, 0.3) is 0 Å². The fourth-order valence-electron chi connectivity index (χ4n) is 3.25. The molecule has 1 aromatic carbocycles. The summed E-state index contributed by atoms with van der Waals surface area (Å²) in [6, 6.07) is 7.71. The Morgan fingerprint density at radius 2 is 1.88 bits per heavy atom. The number of hydrogen-bond acceptors (Lipinski definition) is 6. The molecule has 1 saturated heterocycles. The highest BCUT2D eigenvalue weighted by molar-refractivity contribution is 5.94. The van der Waals surface area contributed by atoms with Gasteiger partial charge in [0, 0.05) is 50.3 Å². The van der Waals surface area contributed by atoms with Gasteiger partial charge < -0.3 is 14.9 Å². The van der Waals surface area contributed by atoms with E-state index in [0.717, 1.165) is 18.8 Å². The molecule has 8 nitrogen and oxygen atoms in total. The van der Waals surface area contributed by atoms with Crippen LogP contribution >= 0.6 is 0 Å². The summed E-state index contributed by atoms with van der Waals surface area (Å²) in [5, 5.41) is 24.2. The number of likely N-dealkylation sites (tertiary alicyclic amines) is 1. The predicted molar refractivity (Wildman–Crippen MR) is 93.2 cm³/mol. The van der Waals surface area contributed by atoms with Gasteiger partial charge in [-0.05, 0) is 38.1 Å². The number of aromatic amines is 1. The number of carbonyl (C=O) groups excluding carboxylic acids is 1. The van der Waals surface area contributed by atoms with E-state index in [1.165, 1.54) is 0 Å². The first-order chi connectivity index (χ1) is 12.1. The van der Waals surface area contributed by atoms with E-state index in [1.54, 1.807) is 4.90 Å². The van der Waals surface area contributed by atoms with Crippen molar-refractivity contribution < 1.29 is 9.90 Å². The number of amides is 1. The Kier molecular flexibility index (Phi) is 4.98. The van der Waals surface area contributed by atoms with Gasteiger partial charge in [0.15, 0.2) is 0 Å². The summed E-state index contributed by atoms with van der Waals surface area (Å²) < 4.78 is 0. The molecule has 1 fully saturated rings. The second-order valence-corrected chi connectivity index (χ2v) is 6.28. The molecule has 25 heavy (non-hydrogen) atoms. The van der Waals surface area contributed by atoms with Crippen molar-refractivity contribution in [3.8, 4) is 0 Å². The van der Waals surface area contributed by atoms with E-state index in [4.69, 9.17) is 0 Å². The fourth-order valence-corrected chi connectivity index (χ4v) is 3.25. The lowest BCUT2D eigenvalue weighted by molar-refractivity contribution is -0.0279. The van der Waals surface area contributed by atoms with Gasteiger partial charge in [0.25, 0.3) is 5.91 Å². The van der Waals surface area contributed by atoms with Crippen molar-refractivity contribution >= 4 is 11.6 Å². The molecule has 0 unspecified atom stereocenters. The van der Waals surface area contributed by atoms with Crippen LogP contribution in [0.3, 0.4) is 0 Å². The van der Waals surface area contributed by atoms with E-state index in [0.29, 0.717) is 37.3 Å². The number of carbonyl (C=O) groups is 1. The molecular formula is C17H24N6O2. The zero-order valence-corrected chi connectivity index (χ0v) is 14.6. The summed E-state index contributed by atoms with van der Waals surface area (Å²) in [7, 11) is 0. The van der Waals surface area contributed by atoms with Crippen LogP contribution in [0.15, 0.2) is 24.3 Å². The zero-order valence-electron chi connectivity index (χ0n) is 14.6. The van der Waals surface area contributed by atoms with Crippen molar-refractivity contribution in [2.75, 3.05) is 31.1 Å². The number of anilines is 1. The topological polar surface area (TPSA) is 98.2 Å². The van der Waals surface area contributed by atoms with Crippen LogP contribution in [-0.4, -0.2) is 62.7 Å². The third kappa shape index (κ3) is 3.48. The average molecular weight is 344 g/mol. The molecule has 0 radical (unpaired) electrons. The molecule has 2 N–H and O–H groups in total. The molecule has 1 amide bonds. The van der Waals surface area contributed by atoms with E-state index >= 15 is 0 Å². The number of hydrogen-bond donors (Lipinski definition) is 2. The summed E-state index contributed by atoms with van der Waals surface area (Å²) in [5.74, 6) is 0.282. The quantitative estimate of drug-likeness (QED) is 0.845. The molecule has 0 aliphatic carbocycles. The maximum absolute atomic E-state index is 12.7. The van der Waals surface area contributed by atoms with Gasteiger partial charge in [-0.3, -0.25) is 4.79 Å². The number of H-pyrrole nitrogens is 1. The SMILES string of the molecule is CCN(CC)c1ccc(C(=O)N2CCC(O)(c3nn[nH]n3)CC2)cc1. The number of aliphatic hydroxyl groups is 1. The van der Waals surface area contributed by atoms with Crippen molar-refractivity contribution in [1.82, 2.24) is 25.5 Å². The largest absolute Gasteiger partial charge is 0.382 e. The van der Waals surface area contributed by atoms with Gasteiger partial charge in [0.05, 0.1) is 0 Å². The summed E-state index contributed by atoms with van der Waals surface area (Å²) in [6.07, 6.45) is 0.797. The summed E-state index contributed by atoms with van der Waals surface area (Å²) in [6.45, 7) is 7.01. The Morgan fingerprint density at radius 1 is 1.24 bits per heavy atom. The summed E-state index contributed by atoms with van der Waals surface area (Å²) in [5.41, 5.74) is 0.670. The minimum absolute atomic E-state index is 0.0127. The van der Waals surface area contributed by atoms with Crippen molar-refractivity contribution in [2.24, 2.45) is 0 Å². The first-order valence-corrected chi connectivity index (χ1v) is 8.68. The molecule has 1 aromatic heterocycles. The highest BCUT2D eigenvalue weighted by atomic mass is 16.3. The van der Waals surface area contributed by atoms with E-state index in [9.17, 15) is 9.90 Å². The Labute approximate surface area is 146 Å². The van der Waals surface area contributed by atoms with Crippen molar-refractivity contribution in [1.29, 1.82) is 0 Å². The third-order valence-corrected chi connectivity index (χ3v) is 4.88. The van der Waals surface area contributed by atoms with Gasteiger partial charge in [0.2, 0.25) is 5.82 Å². The van der Waals surface area contributed by atoms with Crippen LogP contribution < -0.4 is 4.90 Å². The van der Waals surface area contributed by atoms with Crippen LogP contribution in [0.4, 0.5) is 5.69 Å². The number of tetrazole rings is 1. The molecule has 0 spiro atoms. The Bertz CT molecular complexity index is 688. The van der Waals surface area contributed by atoms with Crippen LogP contribution in [0.1, 0.15) is 42.9 Å². The number of rotatable bonds is 5. The fraction of sp³-hybridized carbons (Fsp3) is 0.529. The smallest absolute Gasteiger partial charge is 0.253 e. The first-order valence-electron chi connectivity index (χ1n) is 8.68. The van der Waals surface area contributed by atoms with E-state index in [1.807, 2.05) is 24.3 Å². The van der Waals surface area contributed by atoms with Gasteiger partial charge >= 0.3 is 0 Å². The molecule has 2 aromatic rings. The van der Waals surface area contributed by atoms with Gasteiger partial charge in [-0.15, -0.1) is 10.2 Å². The predicted octanol–water partition coefficient (Wildman–Crippen LogP) is 1.17. The Morgan fingerprint density at radius 3 is 2.40 bits per heavy atom. The molecular weight excluding hydrogens is 320 g/mol. The second-order valence-electron chi connectivity index (χ2n) is 6.28. The molecule has 1 aliphatic rings. The van der Waals surface area contributed by atoms with Crippen molar-refractivity contribution in [3.05, 3.63) is 35.7 Å². The molecule has 8 heteroatoms. The Balaban J connectivity index is 1.65. The van der Waals surface area contributed by atoms with E-state index < -0.39 is 5.60 Å². The molecule has 1 aliphatic heterocycles. The minimum atomic E-state index is -1.11. The van der Waals surface area contributed by atoms with Crippen LogP contribution in [0.2, 0.25) is 0 Å². The van der Waals surface area contributed by atoms with Crippen LogP contribution in [0, 0.1) is 0 Å². The molecule has 134 valence electrons. The lowest BCUT2D eigenvalue weighted by Crippen LogP contribution is -2.45. The number of nitrogens with zero attached hydrogens (tertiary/aromatic N) is 5. The normalized spacial score (nSPS) is 16.7. The summed E-state index contributed by atoms with van der Waals surface area (Å²) in [4.78, 5) is 16.7. The van der Waals surface area contributed by atoms with E-state index in [-0.39, 0.29) is 5.91 Å². The number of piperidine rings is 1. The maximum Gasteiger partial charge on any atom is 0.253 e. The molecule has 3 rings (SSSR count). The number of nitrogens with one attached hydrogen (secondary N) is 1. The van der Waals surface area contributed by atoms with Crippen LogP contribution in [-0.2, 0) is 5.60 Å². The zero-order chi connectivity index (χ0) is 17.9. The maximum atomic E-state index is 12.7. The molecule has 0 bridgehead atoms. The second kappa shape index (κ2) is 7.18. The van der Waals surface area contributed by atoms with Crippen LogP contribution in [0.5, 0.6) is 0 Å². The van der Waals surface area contributed by atoms with Gasteiger partial charge in [-0.1, -0.05) is 5.21 Å². The number of benzene rings is 1. The minimum Gasteiger partial charge on any atom is -0.382 e. The molecule has 2 heterocycles. The van der Waals surface area contributed by atoms with Crippen molar-refractivity contribution in [2.45, 2.75) is 32.3 Å². The monoisotopic (exact) mass is 344 g/mol. The lowest BCUT2D eigenvalue weighted by atomic mass is 9.90. The lowest BCUT2D eigenvalue weighted by Gasteiger charge is -2.36. The highest BCUT2D eigenvalue weighted by Gasteiger charge is 2.39. The first kappa shape index (κ1) is 17.3. The van der Waals surface area contributed by atoms with E-state index in [2.05, 4.69) is 39.4 Å². The number of aromatic nitrogens is 4. The summed E-state index contributed by atoms with van der Waals surface area (Å²) >= 11 is 0.